The molecule has 0 unspecified atom stereocenters. The zero-order valence-electron chi connectivity index (χ0n) is 16.6. The van der Waals surface area contributed by atoms with Crippen LogP contribution < -0.4 is 5.32 Å². The lowest BCUT2D eigenvalue weighted by Gasteiger charge is -2.12. The Labute approximate surface area is 180 Å². The van der Waals surface area contributed by atoms with E-state index in [1.807, 2.05) is 60.8 Å². The van der Waals surface area contributed by atoms with Gasteiger partial charge in [-0.1, -0.05) is 54.6 Å². The lowest BCUT2D eigenvalue weighted by atomic mass is 9.99. The Morgan fingerprint density at radius 3 is 2.37 bits per heavy atom. The summed E-state index contributed by atoms with van der Waals surface area (Å²) in [5.41, 5.74) is 4.60. The van der Waals surface area contributed by atoms with E-state index in [2.05, 4.69) is 23.5 Å². The van der Waals surface area contributed by atoms with Gasteiger partial charge in [0.2, 0.25) is 0 Å². The van der Waals surface area contributed by atoms with Crippen LogP contribution in [0.5, 0.6) is 0 Å². The lowest BCUT2D eigenvalue weighted by molar-refractivity contribution is 0.0994. The Hall–Kier alpha value is -3.50. The van der Waals surface area contributed by atoms with Crippen LogP contribution in [0.4, 0.5) is 5.69 Å². The van der Waals surface area contributed by atoms with E-state index in [0.29, 0.717) is 16.8 Å². The normalized spacial score (nSPS) is 10.6. The van der Waals surface area contributed by atoms with Crippen molar-refractivity contribution < 1.29 is 9.59 Å². The number of thiophene rings is 1. The zero-order valence-corrected chi connectivity index (χ0v) is 17.4. The maximum Gasteiger partial charge on any atom is 0.255 e. The summed E-state index contributed by atoms with van der Waals surface area (Å²) in [6.45, 7) is 1.90. The first-order valence-corrected chi connectivity index (χ1v) is 10.6. The van der Waals surface area contributed by atoms with Gasteiger partial charge in [-0.3, -0.25) is 9.59 Å². The van der Waals surface area contributed by atoms with Gasteiger partial charge < -0.3 is 5.32 Å². The van der Waals surface area contributed by atoms with Crippen molar-refractivity contribution in [3.63, 3.8) is 0 Å². The number of hydrogen-bond acceptors (Lipinski definition) is 3. The first kappa shape index (κ1) is 19.8. The maximum absolute atomic E-state index is 13.1. The average Bonchev–Trinajstić information content (AvgIpc) is 3.29. The number of nitrogens with one attached hydrogen (secondary N) is 1. The van der Waals surface area contributed by atoms with E-state index >= 15 is 0 Å². The van der Waals surface area contributed by atoms with Crippen molar-refractivity contribution in [2.45, 2.75) is 13.3 Å². The molecule has 1 heterocycles. The van der Waals surface area contributed by atoms with Crippen LogP contribution >= 0.6 is 11.3 Å². The fraction of sp³-hybridized carbons (Fsp3) is 0.0769. The molecule has 1 N–H and O–H groups in total. The Morgan fingerprint density at radius 2 is 1.60 bits per heavy atom. The second kappa shape index (κ2) is 8.89. The predicted octanol–water partition coefficient (Wildman–Crippen LogP) is 6.40. The standard InChI is InChI=1S/C26H21NO2S/c1-18-8-2-3-11-21(18)26(29)27-23-13-5-4-12-22(23)24(28)17-19-9-6-10-20(16-19)25-14-7-15-30-25/h2-16H,17H2,1H3,(H,27,29). The summed E-state index contributed by atoms with van der Waals surface area (Å²) in [5.74, 6) is -0.243. The van der Waals surface area contributed by atoms with Gasteiger partial charge in [-0.15, -0.1) is 11.3 Å². The third-order valence-corrected chi connectivity index (χ3v) is 5.88. The van der Waals surface area contributed by atoms with E-state index in [-0.39, 0.29) is 18.1 Å². The highest BCUT2D eigenvalue weighted by Gasteiger charge is 2.16. The Bertz CT molecular complexity index is 1200. The quantitative estimate of drug-likeness (QED) is 0.373. The van der Waals surface area contributed by atoms with Crippen LogP contribution in [0, 0.1) is 6.92 Å². The van der Waals surface area contributed by atoms with Crippen LogP contribution in [-0.4, -0.2) is 11.7 Å². The average molecular weight is 412 g/mol. The number of carbonyl (C=O) groups is 2. The highest BCUT2D eigenvalue weighted by atomic mass is 32.1. The molecule has 0 bridgehead atoms. The molecular formula is C26H21NO2S. The highest BCUT2D eigenvalue weighted by Crippen LogP contribution is 2.26. The monoisotopic (exact) mass is 411 g/mol. The van der Waals surface area contributed by atoms with E-state index in [4.69, 9.17) is 0 Å². The van der Waals surface area contributed by atoms with Crippen molar-refractivity contribution in [2.24, 2.45) is 0 Å². The molecule has 0 radical (unpaired) electrons. The fourth-order valence-electron chi connectivity index (χ4n) is 3.41. The molecule has 4 aromatic rings. The molecule has 0 aliphatic heterocycles. The smallest absolute Gasteiger partial charge is 0.255 e. The molecule has 1 amide bonds. The minimum absolute atomic E-state index is 0.0287. The summed E-state index contributed by atoms with van der Waals surface area (Å²) >= 11 is 1.68. The van der Waals surface area contributed by atoms with Crippen LogP contribution in [-0.2, 0) is 6.42 Å². The molecular weight excluding hydrogens is 390 g/mol. The van der Waals surface area contributed by atoms with Gasteiger partial charge in [0.05, 0.1) is 5.69 Å². The van der Waals surface area contributed by atoms with Gasteiger partial charge in [-0.2, -0.15) is 0 Å². The summed E-state index contributed by atoms with van der Waals surface area (Å²) in [5, 5.41) is 4.95. The molecule has 0 aliphatic carbocycles. The molecule has 0 saturated carbocycles. The number of aryl methyl sites for hydroxylation is 1. The topological polar surface area (TPSA) is 46.2 Å². The summed E-state index contributed by atoms with van der Waals surface area (Å²) < 4.78 is 0. The van der Waals surface area contributed by atoms with Crippen molar-refractivity contribution in [3.05, 3.63) is 113 Å². The van der Waals surface area contributed by atoms with E-state index in [0.717, 1.165) is 16.7 Å². The zero-order chi connectivity index (χ0) is 20.9. The summed E-state index contributed by atoms with van der Waals surface area (Å²) in [7, 11) is 0. The third kappa shape index (κ3) is 4.39. The first-order chi connectivity index (χ1) is 14.6. The van der Waals surface area contributed by atoms with Crippen molar-refractivity contribution in [2.75, 3.05) is 5.32 Å². The Balaban J connectivity index is 1.55. The van der Waals surface area contributed by atoms with E-state index in [1.54, 1.807) is 29.5 Å². The van der Waals surface area contributed by atoms with E-state index in [9.17, 15) is 9.59 Å². The van der Waals surface area contributed by atoms with Crippen molar-refractivity contribution >= 4 is 28.7 Å². The summed E-state index contributed by atoms with van der Waals surface area (Å²) in [4.78, 5) is 27.0. The molecule has 4 rings (SSSR count). The van der Waals surface area contributed by atoms with Crippen LogP contribution in [0.1, 0.15) is 31.8 Å². The summed E-state index contributed by atoms with van der Waals surface area (Å²) in [6, 6.07) is 26.7. The van der Waals surface area contributed by atoms with Gasteiger partial charge in [-0.05, 0) is 59.3 Å². The van der Waals surface area contributed by atoms with Crippen molar-refractivity contribution in [3.8, 4) is 10.4 Å². The summed E-state index contributed by atoms with van der Waals surface area (Å²) in [6.07, 6.45) is 0.274. The number of rotatable bonds is 6. The lowest BCUT2D eigenvalue weighted by Crippen LogP contribution is -2.16. The van der Waals surface area contributed by atoms with Crippen LogP contribution in [0.2, 0.25) is 0 Å². The highest BCUT2D eigenvalue weighted by molar-refractivity contribution is 7.13. The number of para-hydroxylation sites is 1. The molecule has 0 saturated heterocycles. The van der Waals surface area contributed by atoms with E-state index < -0.39 is 0 Å². The number of anilines is 1. The minimum Gasteiger partial charge on any atom is -0.321 e. The van der Waals surface area contributed by atoms with Gasteiger partial charge in [-0.25, -0.2) is 0 Å². The number of benzene rings is 3. The van der Waals surface area contributed by atoms with Crippen molar-refractivity contribution in [1.82, 2.24) is 0 Å². The molecule has 0 spiro atoms. The van der Waals surface area contributed by atoms with Gasteiger partial charge in [0.1, 0.15) is 0 Å². The van der Waals surface area contributed by atoms with Crippen molar-refractivity contribution in [1.29, 1.82) is 0 Å². The molecule has 0 fully saturated rings. The second-order valence-corrected chi connectivity index (χ2v) is 8.04. The molecule has 0 aliphatic rings. The molecule has 0 atom stereocenters. The minimum atomic E-state index is -0.215. The van der Waals surface area contributed by atoms with Gasteiger partial charge in [0.15, 0.2) is 5.78 Å². The largest absolute Gasteiger partial charge is 0.321 e. The molecule has 1 aromatic heterocycles. The van der Waals surface area contributed by atoms with E-state index in [1.165, 1.54) is 4.88 Å². The van der Waals surface area contributed by atoms with Gasteiger partial charge >= 0.3 is 0 Å². The SMILES string of the molecule is Cc1ccccc1C(=O)Nc1ccccc1C(=O)Cc1cccc(-c2cccs2)c1. The number of carbonyl (C=O) groups excluding carboxylic acids is 2. The molecule has 148 valence electrons. The number of ketones is 1. The number of Topliss-reactive ketones (excluding diaryl/α,β-unsaturated/α-hetero) is 1. The van der Waals surface area contributed by atoms with Gasteiger partial charge in [0, 0.05) is 22.4 Å². The maximum atomic E-state index is 13.1. The molecule has 3 aromatic carbocycles. The molecule has 3 nitrogen and oxygen atoms in total. The Kier molecular flexibility index (Phi) is 5.87. The number of amides is 1. The van der Waals surface area contributed by atoms with Crippen LogP contribution in [0.25, 0.3) is 10.4 Å². The second-order valence-electron chi connectivity index (χ2n) is 7.09. The van der Waals surface area contributed by atoms with Gasteiger partial charge in [0.25, 0.3) is 5.91 Å². The van der Waals surface area contributed by atoms with Crippen LogP contribution in [0.15, 0.2) is 90.3 Å². The number of hydrogen-bond donors (Lipinski definition) is 1. The fourth-order valence-corrected chi connectivity index (χ4v) is 4.13. The third-order valence-electron chi connectivity index (χ3n) is 4.96. The van der Waals surface area contributed by atoms with Crippen LogP contribution in [0.3, 0.4) is 0 Å². The predicted molar refractivity (Wildman–Crippen MR) is 123 cm³/mol. The first-order valence-electron chi connectivity index (χ1n) is 9.74. The molecule has 4 heteroatoms. The molecule has 30 heavy (non-hydrogen) atoms. The Morgan fingerprint density at radius 1 is 0.833 bits per heavy atom.